The fourth-order valence-electron chi connectivity index (χ4n) is 0.961. The Bertz CT molecular complexity index is 494. The van der Waals surface area contributed by atoms with E-state index in [9.17, 15) is 0 Å². The molecule has 2 rings (SSSR count). The molecule has 6 heteroatoms. The summed E-state index contributed by atoms with van der Waals surface area (Å²) in [5, 5.41) is 9.31. The highest BCUT2D eigenvalue weighted by Gasteiger charge is 1.98. The summed E-state index contributed by atoms with van der Waals surface area (Å²) in [6.45, 7) is 0. The molecule has 0 aliphatic rings. The van der Waals surface area contributed by atoms with E-state index in [4.69, 9.17) is 5.73 Å². The molecule has 4 nitrogen and oxygen atoms in total. The molecule has 0 aliphatic carbocycles. The minimum absolute atomic E-state index is 0.496. The van der Waals surface area contributed by atoms with Gasteiger partial charge in [0.15, 0.2) is 10.1 Å². The predicted octanol–water partition coefficient (Wildman–Crippen LogP) is 3.90. The first-order valence-corrected chi connectivity index (χ1v) is 5.74. The van der Waals surface area contributed by atoms with Crippen LogP contribution >= 0.6 is 27.3 Å². The van der Waals surface area contributed by atoms with E-state index in [1.54, 1.807) is 6.20 Å². The molecule has 0 amide bonds. The standard InChI is InChI=1S/C9H7BrN4S/c10-6-3-1-2-4-7(6)13-14-8-5-12-9(11)15-8/h1-5H,(H2,11,12). The van der Waals surface area contributed by atoms with Crippen molar-refractivity contribution < 1.29 is 0 Å². The van der Waals surface area contributed by atoms with Crippen molar-refractivity contribution in [3.63, 3.8) is 0 Å². The van der Waals surface area contributed by atoms with E-state index in [0.717, 1.165) is 10.2 Å². The molecule has 15 heavy (non-hydrogen) atoms. The number of benzene rings is 1. The monoisotopic (exact) mass is 282 g/mol. The van der Waals surface area contributed by atoms with Crippen LogP contribution in [-0.4, -0.2) is 4.98 Å². The van der Waals surface area contributed by atoms with Crippen LogP contribution < -0.4 is 5.73 Å². The zero-order chi connectivity index (χ0) is 10.7. The number of nitrogens with zero attached hydrogens (tertiary/aromatic N) is 3. The number of rotatable bonds is 2. The number of hydrogen-bond acceptors (Lipinski definition) is 5. The summed E-state index contributed by atoms with van der Waals surface area (Å²) in [4.78, 5) is 3.88. The molecule has 0 radical (unpaired) electrons. The molecule has 0 saturated heterocycles. The molecule has 76 valence electrons. The Kier molecular flexibility index (Phi) is 3.08. The summed E-state index contributed by atoms with van der Waals surface area (Å²) in [7, 11) is 0. The quantitative estimate of drug-likeness (QED) is 0.849. The third-order valence-corrected chi connectivity index (χ3v) is 3.00. The van der Waals surface area contributed by atoms with Crippen LogP contribution in [0, 0.1) is 0 Å². The molecule has 0 saturated carbocycles. The van der Waals surface area contributed by atoms with Crippen LogP contribution in [0.5, 0.6) is 0 Å². The average Bonchev–Trinajstić information content (AvgIpc) is 2.63. The number of azo groups is 1. The fourth-order valence-corrected chi connectivity index (χ4v) is 1.83. The molecular weight excluding hydrogens is 276 g/mol. The number of aromatic nitrogens is 1. The van der Waals surface area contributed by atoms with E-state index in [-0.39, 0.29) is 0 Å². The van der Waals surface area contributed by atoms with Gasteiger partial charge >= 0.3 is 0 Å². The maximum atomic E-state index is 5.47. The minimum Gasteiger partial charge on any atom is -0.375 e. The van der Waals surface area contributed by atoms with E-state index in [1.165, 1.54) is 11.3 Å². The van der Waals surface area contributed by atoms with Crippen LogP contribution in [0.4, 0.5) is 15.8 Å². The highest BCUT2D eigenvalue weighted by Crippen LogP contribution is 2.29. The van der Waals surface area contributed by atoms with Crippen molar-refractivity contribution in [1.29, 1.82) is 0 Å². The Morgan fingerprint density at radius 2 is 2.07 bits per heavy atom. The van der Waals surface area contributed by atoms with E-state index < -0.39 is 0 Å². The Labute approximate surface area is 99.0 Å². The Morgan fingerprint density at radius 1 is 1.27 bits per heavy atom. The van der Waals surface area contributed by atoms with Gasteiger partial charge in [0, 0.05) is 4.47 Å². The molecular formula is C9H7BrN4S. The third kappa shape index (κ3) is 2.60. The molecule has 2 aromatic rings. The predicted molar refractivity (Wildman–Crippen MR) is 64.8 cm³/mol. The first-order chi connectivity index (χ1) is 7.25. The van der Waals surface area contributed by atoms with E-state index in [1.807, 2.05) is 24.3 Å². The van der Waals surface area contributed by atoms with Crippen molar-refractivity contribution in [3.05, 3.63) is 34.9 Å². The van der Waals surface area contributed by atoms with Crippen LogP contribution in [0.1, 0.15) is 0 Å². The van der Waals surface area contributed by atoms with Gasteiger partial charge in [0.25, 0.3) is 0 Å². The van der Waals surface area contributed by atoms with Crippen LogP contribution in [0.2, 0.25) is 0 Å². The zero-order valence-corrected chi connectivity index (χ0v) is 9.99. The Morgan fingerprint density at radius 3 is 2.73 bits per heavy atom. The summed E-state index contributed by atoms with van der Waals surface area (Å²) in [6, 6.07) is 7.61. The molecule has 1 aromatic heterocycles. The lowest BCUT2D eigenvalue weighted by Gasteiger charge is -1.93. The molecule has 1 aromatic carbocycles. The van der Waals surface area contributed by atoms with Crippen molar-refractivity contribution in [1.82, 2.24) is 4.98 Å². The first kappa shape index (κ1) is 10.3. The summed E-state index contributed by atoms with van der Waals surface area (Å²) >= 11 is 4.69. The van der Waals surface area contributed by atoms with Crippen LogP contribution in [0.3, 0.4) is 0 Å². The summed E-state index contributed by atoms with van der Waals surface area (Å²) in [6.07, 6.45) is 1.60. The fraction of sp³-hybridized carbons (Fsp3) is 0. The lowest BCUT2D eigenvalue weighted by atomic mass is 10.3. The lowest BCUT2D eigenvalue weighted by molar-refractivity contribution is 1.23. The van der Waals surface area contributed by atoms with Gasteiger partial charge in [-0.2, -0.15) is 0 Å². The number of nitrogens with two attached hydrogens (primary N) is 1. The molecule has 0 unspecified atom stereocenters. The highest BCUT2D eigenvalue weighted by molar-refractivity contribution is 9.10. The van der Waals surface area contributed by atoms with E-state index >= 15 is 0 Å². The molecule has 0 fully saturated rings. The number of nitrogen functional groups attached to an aromatic ring is 1. The highest BCUT2D eigenvalue weighted by atomic mass is 79.9. The van der Waals surface area contributed by atoms with Gasteiger partial charge in [0.1, 0.15) is 0 Å². The summed E-state index contributed by atoms with van der Waals surface area (Å²) < 4.78 is 0.909. The minimum atomic E-state index is 0.496. The SMILES string of the molecule is Nc1ncc(N=Nc2ccccc2Br)s1. The number of hydrogen-bond donors (Lipinski definition) is 1. The number of anilines is 1. The van der Waals surface area contributed by atoms with Gasteiger partial charge < -0.3 is 5.73 Å². The van der Waals surface area contributed by atoms with Crippen LogP contribution in [0.15, 0.2) is 45.2 Å². The smallest absolute Gasteiger partial charge is 0.182 e. The van der Waals surface area contributed by atoms with Crippen LogP contribution in [-0.2, 0) is 0 Å². The second-order valence-electron chi connectivity index (χ2n) is 2.69. The first-order valence-electron chi connectivity index (χ1n) is 4.13. The maximum Gasteiger partial charge on any atom is 0.182 e. The van der Waals surface area contributed by atoms with Crippen molar-refractivity contribution in [2.45, 2.75) is 0 Å². The molecule has 1 heterocycles. The second-order valence-corrected chi connectivity index (χ2v) is 4.58. The van der Waals surface area contributed by atoms with Crippen molar-refractivity contribution in [2.24, 2.45) is 10.2 Å². The van der Waals surface area contributed by atoms with Crippen molar-refractivity contribution >= 4 is 43.1 Å². The van der Waals surface area contributed by atoms with E-state index in [0.29, 0.717) is 10.1 Å². The molecule has 0 spiro atoms. The van der Waals surface area contributed by atoms with Crippen LogP contribution in [0.25, 0.3) is 0 Å². The molecule has 2 N–H and O–H groups in total. The van der Waals surface area contributed by atoms with Gasteiger partial charge in [-0.25, -0.2) is 4.98 Å². The molecule has 0 aliphatic heterocycles. The van der Waals surface area contributed by atoms with Crippen molar-refractivity contribution in [3.8, 4) is 0 Å². The lowest BCUT2D eigenvalue weighted by Crippen LogP contribution is -1.77. The number of thiazole rings is 1. The summed E-state index contributed by atoms with van der Waals surface area (Å²) in [5.74, 6) is 0. The van der Waals surface area contributed by atoms with Gasteiger partial charge in [-0.15, -0.1) is 10.2 Å². The maximum absolute atomic E-state index is 5.47. The Hall–Kier alpha value is -1.27. The zero-order valence-electron chi connectivity index (χ0n) is 7.59. The van der Waals surface area contributed by atoms with Gasteiger partial charge in [0.05, 0.1) is 11.9 Å². The van der Waals surface area contributed by atoms with Crippen molar-refractivity contribution in [2.75, 3.05) is 5.73 Å². The van der Waals surface area contributed by atoms with Gasteiger partial charge in [-0.1, -0.05) is 23.5 Å². The van der Waals surface area contributed by atoms with Gasteiger partial charge in [-0.05, 0) is 28.1 Å². The van der Waals surface area contributed by atoms with Gasteiger partial charge in [-0.3, -0.25) is 0 Å². The largest absolute Gasteiger partial charge is 0.375 e. The summed E-state index contributed by atoms with van der Waals surface area (Å²) in [5.41, 5.74) is 6.26. The molecule has 0 atom stereocenters. The average molecular weight is 283 g/mol. The molecule has 0 bridgehead atoms. The second kappa shape index (κ2) is 4.50. The Balaban J connectivity index is 2.22. The van der Waals surface area contributed by atoms with E-state index in [2.05, 4.69) is 31.1 Å². The number of halogens is 1. The topological polar surface area (TPSA) is 63.6 Å². The third-order valence-electron chi connectivity index (χ3n) is 1.62. The normalized spacial score (nSPS) is 11.0. The van der Waals surface area contributed by atoms with Gasteiger partial charge in [0.2, 0.25) is 0 Å².